The lowest BCUT2D eigenvalue weighted by molar-refractivity contribution is -0.138. The molecule has 4 rings (SSSR count). The van der Waals surface area contributed by atoms with Gasteiger partial charge in [0.1, 0.15) is 17.3 Å². The Kier molecular flexibility index (Phi) is 7.05. The molecule has 3 aromatic rings. The maximum Gasteiger partial charge on any atom is 0.419 e. The summed E-state index contributed by atoms with van der Waals surface area (Å²) in [5.74, 6) is -0.200. The van der Waals surface area contributed by atoms with Gasteiger partial charge in [0.2, 0.25) is 0 Å². The first-order chi connectivity index (χ1) is 16.3. The standard InChI is InChI=1S/C24H27F3N6O/c1-31-7-3-8-33(11-10-31)9-4-12-34-22-6-5-17(13-18(22)24(25,26)27)19-14-21-23(20(15-28)30-19)29-16-32(21)2/h5-6,13-14,16H,3-4,7-12H2,1-2H3. The number of hydrogen-bond acceptors (Lipinski definition) is 6. The summed E-state index contributed by atoms with van der Waals surface area (Å²) in [6.07, 6.45) is -1.31. The molecule has 0 unspecified atom stereocenters. The number of likely N-dealkylation sites (N-methyl/N-ethyl adjacent to an activating group) is 1. The molecule has 1 aromatic carbocycles. The third kappa shape index (κ3) is 5.32. The molecule has 0 aliphatic carbocycles. The molecule has 0 radical (unpaired) electrons. The molecule has 10 heteroatoms. The van der Waals surface area contributed by atoms with E-state index < -0.39 is 11.7 Å². The second-order valence-corrected chi connectivity index (χ2v) is 8.60. The van der Waals surface area contributed by atoms with E-state index in [4.69, 9.17) is 4.74 Å². The van der Waals surface area contributed by atoms with Crippen molar-refractivity contribution in [3.8, 4) is 23.1 Å². The van der Waals surface area contributed by atoms with Crippen molar-refractivity contribution in [2.45, 2.75) is 19.0 Å². The summed E-state index contributed by atoms with van der Waals surface area (Å²) in [6, 6.07) is 7.52. The van der Waals surface area contributed by atoms with Crippen LogP contribution >= 0.6 is 0 Å². The van der Waals surface area contributed by atoms with E-state index in [1.54, 1.807) is 30.1 Å². The van der Waals surface area contributed by atoms with Crippen molar-refractivity contribution in [2.24, 2.45) is 7.05 Å². The molecule has 1 fully saturated rings. The maximum atomic E-state index is 13.9. The summed E-state index contributed by atoms with van der Waals surface area (Å²) in [4.78, 5) is 13.0. The van der Waals surface area contributed by atoms with E-state index >= 15 is 0 Å². The topological polar surface area (TPSA) is 70.2 Å². The number of imidazole rings is 1. The van der Waals surface area contributed by atoms with Gasteiger partial charge in [0.15, 0.2) is 5.69 Å². The van der Waals surface area contributed by atoms with Crippen LogP contribution in [0.4, 0.5) is 13.2 Å². The molecule has 0 atom stereocenters. The van der Waals surface area contributed by atoms with Crippen LogP contribution in [0.2, 0.25) is 0 Å². The zero-order valence-corrected chi connectivity index (χ0v) is 19.3. The third-order valence-corrected chi connectivity index (χ3v) is 6.09. The normalized spacial score (nSPS) is 15.9. The summed E-state index contributed by atoms with van der Waals surface area (Å²) in [5.41, 5.74) is 0.785. The van der Waals surface area contributed by atoms with E-state index in [1.807, 2.05) is 6.07 Å². The van der Waals surface area contributed by atoms with Crippen molar-refractivity contribution in [3.63, 3.8) is 0 Å². The van der Waals surface area contributed by atoms with Crippen LogP contribution in [-0.2, 0) is 13.2 Å². The number of pyridine rings is 1. The molecular formula is C24H27F3N6O. The summed E-state index contributed by atoms with van der Waals surface area (Å²) >= 11 is 0. The van der Waals surface area contributed by atoms with Gasteiger partial charge in [-0.15, -0.1) is 0 Å². The first-order valence-corrected chi connectivity index (χ1v) is 11.2. The Bertz CT molecular complexity index is 1200. The molecule has 0 N–H and O–H groups in total. The average molecular weight is 473 g/mol. The van der Waals surface area contributed by atoms with E-state index in [0.29, 0.717) is 17.5 Å². The Balaban J connectivity index is 1.51. The number of aryl methyl sites for hydroxylation is 1. The first-order valence-electron chi connectivity index (χ1n) is 11.2. The van der Waals surface area contributed by atoms with Gasteiger partial charge in [0.25, 0.3) is 0 Å². The van der Waals surface area contributed by atoms with Gasteiger partial charge >= 0.3 is 6.18 Å². The van der Waals surface area contributed by atoms with Gasteiger partial charge in [-0.05, 0) is 57.2 Å². The highest BCUT2D eigenvalue weighted by molar-refractivity contribution is 5.84. The Labute approximate surface area is 196 Å². The van der Waals surface area contributed by atoms with Crippen molar-refractivity contribution in [1.29, 1.82) is 5.26 Å². The molecule has 2 aromatic heterocycles. The molecule has 0 spiro atoms. The molecule has 0 saturated carbocycles. The summed E-state index contributed by atoms with van der Waals surface area (Å²) in [5, 5.41) is 9.42. The van der Waals surface area contributed by atoms with Crippen LogP contribution in [0, 0.1) is 11.3 Å². The molecule has 180 valence electrons. The molecular weight excluding hydrogens is 445 g/mol. The second-order valence-electron chi connectivity index (χ2n) is 8.60. The van der Waals surface area contributed by atoms with E-state index in [-0.39, 0.29) is 29.3 Å². The molecule has 7 nitrogen and oxygen atoms in total. The lowest BCUT2D eigenvalue weighted by Crippen LogP contribution is -2.30. The number of halogens is 3. The Morgan fingerprint density at radius 3 is 2.71 bits per heavy atom. The van der Waals surface area contributed by atoms with E-state index in [2.05, 4.69) is 26.8 Å². The SMILES string of the molecule is CN1CCCN(CCCOc2ccc(-c3cc4c(ncn4C)c(C#N)n3)cc2C(F)(F)F)CC1. The highest BCUT2D eigenvalue weighted by Crippen LogP contribution is 2.39. The first kappa shape index (κ1) is 24.0. The smallest absolute Gasteiger partial charge is 0.419 e. The number of fused-ring (bicyclic) bond motifs is 1. The Morgan fingerprint density at radius 1 is 1.12 bits per heavy atom. The van der Waals surface area contributed by atoms with Crippen molar-refractivity contribution in [3.05, 3.63) is 41.9 Å². The molecule has 1 aliphatic rings. The molecule has 0 amide bonds. The van der Waals surface area contributed by atoms with Crippen molar-refractivity contribution < 1.29 is 17.9 Å². The van der Waals surface area contributed by atoms with E-state index in [1.165, 1.54) is 6.07 Å². The number of rotatable bonds is 6. The molecule has 3 heterocycles. The van der Waals surface area contributed by atoms with Gasteiger partial charge in [-0.1, -0.05) is 0 Å². The van der Waals surface area contributed by atoms with Crippen molar-refractivity contribution in [2.75, 3.05) is 46.4 Å². The van der Waals surface area contributed by atoms with Crippen LogP contribution in [0.3, 0.4) is 0 Å². The van der Waals surface area contributed by atoms with Gasteiger partial charge < -0.3 is 19.1 Å². The highest BCUT2D eigenvalue weighted by atomic mass is 19.4. The van der Waals surface area contributed by atoms with E-state index in [9.17, 15) is 18.4 Å². The fraction of sp³-hybridized carbons (Fsp3) is 0.458. The largest absolute Gasteiger partial charge is 0.493 e. The number of nitrogens with zero attached hydrogens (tertiary/aromatic N) is 6. The van der Waals surface area contributed by atoms with Crippen LogP contribution in [0.1, 0.15) is 24.1 Å². The Morgan fingerprint density at radius 2 is 1.94 bits per heavy atom. The number of benzene rings is 1. The lowest BCUT2D eigenvalue weighted by atomic mass is 10.1. The third-order valence-electron chi connectivity index (χ3n) is 6.09. The van der Waals surface area contributed by atoms with Gasteiger partial charge in [-0.25, -0.2) is 9.97 Å². The zero-order valence-electron chi connectivity index (χ0n) is 19.3. The second kappa shape index (κ2) is 9.99. The lowest BCUT2D eigenvalue weighted by Gasteiger charge is -2.20. The fourth-order valence-corrected chi connectivity index (χ4v) is 4.18. The molecule has 1 aliphatic heterocycles. The minimum absolute atomic E-state index is 0.0710. The van der Waals surface area contributed by atoms with Gasteiger partial charge in [0, 0.05) is 32.2 Å². The minimum Gasteiger partial charge on any atom is -0.493 e. The van der Waals surface area contributed by atoms with Crippen LogP contribution in [-0.4, -0.2) is 70.7 Å². The number of aromatic nitrogens is 3. The molecule has 34 heavy (non-hydrogen) atoms. The highest BCUT2D eigenvalue weighted by Gasteiger charge is 2.35. The van der Waals surface area contributed by atoms with Crippen LogP contribution in [0.5, 0.6) is 5.75 Å². The zero-order chi connectivity index (χ0) is 24.3. The Hall–Kier alpha value is -3.16. The van der Waals surface area contributed by atoms with Crippen LogP contribution in [0.15, 0.2) is 30.6 Å². The average Bonchev–Trinajstić information content (AvgIpc) is 3.05. The number of ether oxygens (including phenoxy) is 1. The predicted octanol–water partition coefficient (Wildman–Crippen LogP) is 3.93. The van der Waals surface area contributed by atoms with Crippen molar-refractivity contribution in [1.82, 2.24) is 24.3 Å². The van der Waals surface area contributed by atoms with Gasteiger partial charge in [-0.3, -0.25) is 0 Å². The molecule has 1 saturated heterocycles. The number of hydrogen-bond donors (Lipinski definition) is 0. The fourth-order valence-electron chi connectivity index (χ4n) is 4.18. The quantitative estimate of drug-likeness (QED) is 0.507. The maximum absolute atomic E-state index is 13.9. The molecule has 0 bridgehead atoms. The summed E-state index contributed by atoms with van der Waals surface area (Å²) in [6.45, 7) is 4.99. The number of nitriles is 1. The summed E-state index contributed by atoms with van der Waals surface area (Å²) < 4.78 is 48.9. The monoisotopic (exact) mass is 472 g/mol. The van der Waals surface area contributed by atoms with Gasteiger partial charge in [0.05, 0.1) is 29.7 Å². The number of alkyl halides is 3. The van der Waals surface area contributed by atoms with Crippen molar-refractivity contribution >= 4 is 11.0 Å². The van der Waals surface area contributed by atoms with E-state index in [0.717, 1.165) is 45.2 Å². The van der Waals surface area contributed by atoms with Gasteiger partial charge in [-0.2, -0.15) is 18.4 Å². The minimum atomic E-state index is -4.59. The predicted molar refractivity (Wildman–Crippen MR) is 122 cm³/mol. The van der Waals surface area contributed by atoms with Crippen LogP contribution in [0.25, 0.3) is 22.3 Å². The summed E-state index contributed by atoms with van der Waals surface area (Å²) in [7, 11) is 3.85. The van der Waals surface area contributed by atoms with Crippen LogP contribution < -0.4 is 4.74 Å².